The van der Waals surface area contributed by atoms with Crippen molar-refractivity contribution in [2.24, 2.45) is 0 Å². The first-order chi connectivity index (χ1) is 9.28. The Bertz CT molecular complexity index is 657. The van der Waals surface area contributed by atoms with Gasteiger partial charge in [-0.25, -0.2) is 0 Å². The van der Waals surface area contributed by atoms with Gasteiger partial charge in [-0.15, -0.1) is 0 Å². The van der Waals surface area contributed by atoms with Crippen molar-refractivity contribution < 1.29 is 9.53 Å². The predicted octanol–water partition coefficient (Wildman–Crippen LogP) is 3.34. The number of rotatable bonds is 2. The van der Waals surface area contributed by atoms with Gasteiger partial charge in [0.25, 0.3) is 0 Å². The first-order valence-corrected chi connectivity index (χ1v) is 6.04. The molecule has 94 valence electrons. The highest BCUT2D eigenvalue weighted by atomic mass is 16.5. The number of carbonyl (C=O) groups is 1. The van der Waals surface area contributed by atoms with Crippen LogP contribution >= 0.6 is 0 Å². The molecule has 0 bridgehead atoms. The minimum Gasteiger partial charge on any atom is -0.497 e. The Morgan fingerprint density at radius 3 is 2.47 bits per heavy atom. The van der Waals surface area contributed by atoms with Crippen molar-refractivity contribution in [3.05, 3.63) is 65.4 Å². The fourth-order valence-corrected chi connectivity index (χ4v) is 2.11. The Kier molecular flexibility index (Phi) is 2.80. The first kappa shape index (κ1) is 11.5. The van der Waals surface area contributed by atoms with Gasteiger partial charge < -0.3 is 10.1 Å². The molecule has 1 aliphatic rings. The highest BCUT2D eigenvalue weighted by Gasteiger charge is 2.23. The summed E-state index contributed by atoms with van der Waals surface area (Å²) in [5.41, 5.74) is 3.16. The zero-order chi connectivity index (χ0) is 13.2. The van der Waals surface area contributed by atoms with Crippen molar-refractivity contribution in [1.82, 2.24) is 0 Å². The van der Waals surface area contributed by atoms with E-state index in [-0.39, 0.29) is 5.78 Å². The molecule has 1 N–H and O–H groups in total. The molecular formula is C16H13NO2. The fourth-order valence-electron chi connectivity index (χ4n) is 2.11. The molecule has 2 aromatic rings. The summed E-state index contributed by atoms with van der Waals surface area (Å²) in [6.07, 6.45) is 1.85. The standard InChI is InChI=1S/C16H13NO2/c1-19-12-8-6-11(7-9-12)10-15-16(18)13-4-2-3-5-14(13)17-15/h2-10,17H,1H3/b15-10-. The van der Waals surface area contributed by atoms with Crippen LogP contribution in [0.2, 0.25) is 0 Å². The third kappa shape index (κ3) is 2.10. The molecule has 2 aromatic carbocycles. The van der Waals surface area contributed by atoms with E-state index in [1.807, 2.05) is 54.6 Å². The number of methoxy groups -OCH3 is 1. The fraction of sp³-hybridized carbons (Fsp3) is 0.0625. The number of hydrogen-bond acceptors (Lipinski definition) is 3. The Labute approximate surface area is 111 Å². The van der Waals surface area contributed by atoms with E-state index in [1.54, 1.807) is 7.11 Å². The van der Waals surface area contributed by atoms with Gasteiger partial charge in [0.1, 0.15) is 5.75 Å². The lowest BCUT2D eigenvalue weighted by Gasteiger charge is -2.01. The summed E-state index contributed by atoms with van der Waals surface area (Å²) in [7, 11) is 1.63. The lowest BCUT2D eigenvalue weighted by Crippen LogP contribution is -1.99. The summed E-state index contributed by atoms with van der Waals surface area (Å²) in [4.78, 5) is 12.2. The molecule has 0 saturated carbocycles. The number of hydrogen-bond donors (Lipinski definition) is 1. The smallest absolute Gasteiger partial charge is 0.211 e. The van der Waals surface area contributed by atoms with Crippen LogP contribution in [0.15, 0.2) is 54.2 Å². The molecule has 0 atom stereocenters. The average Bonchev–Trinajstić information content (AvgIpc) is 2.77. The van der Waals surface area contributed by atoms with Crippen LogP contribution in [0.25, 0.3) is 6.08 Å². The maximum Gasteiger partial charge on any atom is 0.211 e. The number of carbonyl (C=O) groups excluding carboxylic acids is 1. The van der Waals surface area contributed by atoms with Crippen LogP contribution in [0.1, 0.15) is 15.9 Å². The van der Waals surface area contributed by atoms with Gasteiger partial charge in [-0.1, -0.05) is 24.3 Å². The summed E-state index contributed by atoms with van der Waals surface area (Å²) < 4.78 is 5.11. The highest BCUT2D eigenvalue weighted by molar-refractivity contribution is 6.20. The second-order valence-electron chi connectivity index (χ2n) is 4.33. The first-order valence-electron chi connectivity index (χ1n) is 6.04. The van der Waals surface area contributed by atoms with Gasteiger partial charge in [-0.05, 0) is 35.9 Å². The molecule has 0 aromatic heterocycles. The second-order valence-corrected chi connectivity index (χ2v) is 4.33. The molecule has 0 radical (unpaired) electrons. The number of ketones is 1. The van der Waals surface area contributed by atoms with E-state index in [4.69, 9.17) is 4.74 Å². The van der Waals surface area contributed by atoms with E-state index in [0.717, 1.165) is 22.6 Å². The van der Waals surface area contributed by atoms with Gasteiger partial charge in [-0.3, -0.25) is 4.79 Å². The molecule has 1 aliphatic heterocycles. The summed E-state index contributed by atoms with van der Waals surface area (Å²) in [6.45, 7) is 0. The normalized spacial score (nSPS) is 15.2. The topological polar surface area (TPSA) is 38.3 Å². The van der Waals surface area contributed by atoms with Gasteiger partial charge in [0.2, 0.25) is 5.78 Å². The van der Waals surface area contributed by atoms with E-state index < -0.39 is 0 Å². The molecule has 3 rings (SSSR count). The van der Waals surface area contributed by atoms with E-state index in [1.165, 1.54) is 0 Å². The van der Waals surface area contributed by atoms with Crippen molar-refractivity contribution in [1.29, 1.82) is 0 Å². The Morgan fingerprint density at radius 1 is 1.05 bits per heavy atom. The van der Waals surface area contributed by atoms with Crippen molar-refractivity contribution in [3.8, 4) is 5.75 Å². The van der Waals surface area contributed by atoms with Gasteiger partial charge in [-0.2, -0.15) is 0 Å². The van der Waals surface area contributed by atoms with Crippen molar-refractivity contribution in [2.45, 2.75) is 0 Å². The molecule has 0 saturated heterocycles. The second kappa shape index (κ2) is 4.61. The van der Waals surface area contributed by atoms with Crippen LogP contribution in [0, 0.1) is 0 Å². The zero-order valence-corrected chi connectivity index (χ0v) is 10.5. The van der Waals surface area contributed by atoms with Crippen LogP contribution in [0.4, 0.5) is 5.69 Å². The van der Waals surface area contributed by atoms with Crippen LogP contribution in [-0.2, 0) is 0 Å². The van der Waals surface area contributed by atoms with Gasteiger partial charge in [0.15, 0.2) is 0 Å². The minimum absolute atomic E-state index is 0.0337. The van der Waals surface area contributed by atoms with Crippen LogP contribution in [0.5, 0.6) is 5.75 Å². The number of allylic oxidation sites excluding steroid dienone is 1. The molecule has 3 nitrogen and oxygen atoms in total. The summed E-state index contributed by atoms with van der Waals surface area (Å²) in [5.74, 6) is 0.836. The van der Waals surface area contributed by atoms with E-state index in [9.17, 15) is 4.79 Å². The number of benzene rings is 2. The van der Waals surface area contributed by atoms with E-state index in [2.05, 4.69) is 5.32 Å². The minimum atomic E-state index is 0.0337. The summed E-state index contributed by atoms with van der Waals surface area (Å²) in [5, 5.41) is 3.14. The van der Waals surface area contributed by atoms with Crippen LogP contribution < -0.4 is 10.1 Å². The molecular weight excluding hydrogens is 238 g/mol. The lowest BCUT2D eigenvalue weighted by molar-refractivity contribution is 0.104. The molecule has 0 aliphatic carbocycles. The number of Topliss-reactive ketones (excluding diaryl/α,β-unsaturated/α-hetero) is 1. The number of ether oxygens (including phenoxy) is 1. The molecule has 0 amide bonds. The largest absolute Gasteiger partial charge is 0.497 e. The molecule has 0 fully saturated rings. The maximum atomic E-state index is 12.2. The Hall–Kier alpha value is -2.55. The van der Waals surface area contributed by atoms with Crippen molar-refractivity contribution in [2.75, 3.05) is 12.4 Å². The van der Waals surface area contributed by atoms with Crippen LogP contribution in [-0.4, -0.2) is 12.9 Å². The monoisotopic (exact) mass is 251 g/mol. The molecule has 19 heavy (non-hydrogen) atoms. The molecule has 0 unspecified atom stereocenters. The number of anilines is 1. The number of para-hydroxylation sites is 1. The molecule has 1 heterocycles. The van der Waals surface area contributed by atoms with E-state index in [0.29, 0.717) is 5.70 Å². The van der Waals surface area contributed by atoms with Gasteiger partial charge >= 0.3 is 0 Å². The van der Waals surface area contributed by atoms with Gasteiger partial charge in [0.05, 0.1) is 12.8 Å². The van der Waals surface area contributed by atoms with E-state index >= 15 is 0 Å². The SMILES string of the molecule is COc1ccc(/C=C2\Nc3ccccc3C2=O)cc1. The summed E-state index contributed by atoms with van der Waals surface area (Å²) in [6, 6.07) is 15.1. The molecule has 3 heteroatoms. The van der Waals surface area contributed by atoms with Gasteiger partial charge in [0, 0.05) is 11.3 Å². The van der Waals surface area contributed by atoms with Crippen molar-refractivity contribution >= 4 is 17.5 Å². The third-order valence-corrected chi connectivity index (χ3v) is 3.11. The number of fused-ring (bicyclic) bond motifs is 1. The highest BCUT2D eigenvalue weighted by Crippen LogP contribution is 2.28. The predicted molar refractivity (Wildman–Crippen MR) is 75.4 cm³/mol. The Morgan fingerprint density at radius 2 is 1.79 bits per heavy atom. The zero-order valence-electron chi connectivity index (χ0n) is 10.5. The van der Waals surface area contributed by atoms with Crippen molar-refractivity contribution in [3.63, 3.8) is 0 Å². The molecule has 0 spiro atoms. The lowest BCUT2D eigenvalue weighted by atomic mass is 10.1. The quantitative estimate of drug-likeness (QED) is 0.832. The Balaban J connectivity index is 1.92. The average molecular weight is 251 g/mol. The number of nitrogens with one attached hydrogen (secondary N) is 1. The summed E-state index contributed by atoms with van der Waals surface area (Å²) >= 11 is 0. The maximum absolute atomic E-state index is 12.2. The third-order valence-electron chi connectivity index (χ3n) is 3.11. The van der Waals surface area contributed by atoms with Crippen LogP contribution in [0.3, 0.4) is 0 Å².